The number of hydrogen-bond acceptors (Lipinski definition) is 3. The Morgan fingerprint density at radius 2 is 2.06 bits per heavy atom. The maximum atomic E-state index is 5.84. The van der Waals surface area contributed by atoms with E-state index in [-0.39, 0.29) is 5.41 Å². The van der Waals surface area contributed by atoms with Crippen LogP contribution in [0.1, 0.15) is 25.3 Å². The third kappa shape index (κ3) is 1.53. The zero-order valence-corrected chi connectivity index (χ0v) is 10.4. The molecule has 0 aromatic heterocycles. The van der Waals surface area contributed by atoms with E-state index in [0.717, 1.165) is 18.0 Å². The number of nitrogens with two attached hydrogens (primary N) is 1. The van der Waals surface area contributed by atoms with Gasteiger partial charge in [-0.1, -0.05) is 26.0 Å². The van der Waals surface area contributed by atoms with Crippen LogP contribution in [0.4, 0.5) is 0 Å². The van der Waals surface area contributed by atoms with Crippen molar-refractivity contribution in [1.29, 1.82) is 0 Å². The first-order valence-corrected chi connectivity index (χ1v) is 6.25. The van der Waals surface area contributed by atoms with Crippen molar-refractivity contribution in [3.63, 3.8) is 0 Å². The van der Waals surface area contributed by atoms with E-state index >= 15 is 0 Å². The van der Waals surface area contributed by atoms with Crippen LogP contribution >= 0.6 is 0 Å². The number of fused-ring (bicyclic) bond motifs is 1. The lowest BCUT2D eigenvalue weighted by Gasteiger charge is -2.21. The maximum Gasteiger partial charge on any atom is 0.164 e. The van der Waals surface area contributed by atoms with E-state index in [4.69, 9.17) is 15.2 Å². The van der Waals surface area contributed by atoms with Gasteiger partial charge in [-0.3, -0.25) is 0 Å². The molecule has 0 unspecified atom stereocenters. The lowest BCUT2D eigenvalue weighted by molar-refractivity contribution is 0.169. The molecule has 1 aromatic rings. The monoisotopic (exact) mass is 233 g/mol. The number of ether oxygens (including phenoxy) is 2. The van der Waals surface area contributed by atoms with Gasteiger partial charge in [0.15, 0.2) is 11.5 Å². The number of hydrogen-bond donors (Lipinski definition) is 1. The van der Waals surface area contributed by atoms with Crippen molar-refractivity contribution in [3.05, 3.63) is 23.8 Å². The fraction of sp³-hybridized carbons (Fsp3) is 0.571. The molecule has 3 nitrogen and oxygen atoms in total. The van der Waals surface area contributed by atoms with Crippen molar-refractivity contribution >= 4 is 0 Å². The van der Waals surface area contributed by atoms with Crippen molar-refractivity contribution in [1.82, 2.24) is 0 Å². The topological polar surface area (TPSA) is 44.5 Å². The summed E-state index contributed by atoms with van der Waals surface area (Å²) in [5.41, 5.74) is 7.39. The molecule has 3 rings (SSSR count). The van der Waals surface area contributed by atoms with E-state index < -0.39 is 0 Å². The Hall–Kier alpha value is -1.22. The Morgan fingerprint density at radius 3 is 2.76 bits per heavy atom. The van der Waals surface area contributed by atoms with Gasteiger partial charge in [0.2, 0.25) is 0 Å². The zero-order valence-electron chi connectivity index (χ0n) is 10.4. The summed E-state index contributed by atoms with van der Waals surface area (Å²) in [6.45, 7) is 6.58. The quantitative estimate of drug-likeness (QED) is 0.851. The Balaban J connectivity index is 1.99. The lowest BCUT2D eigenvalue weighted by atomic mass is 10.0. The second kappa shape index (κ2) is 3.64. The SMILES string of the molecule is CC1(C)[C@@H](CN)[C@@H]1c1cccc2c1OCCO2. The molecule has 0 radical (unpaired) electrons. The summed E-state index contributed by atoms with van der Waals surface area (Å²) in [6.07, 6.45) is 0. The molecule has 1 aliphatic heterocycles. The highest BCUT2D eigenvalue weighted by Gasteiger charge is 2.58. The molecule has 2 aliphatic rings. The fourth-order valence-electron chi connectivity index (χ4n) is 3.14. The minimum absolute atomic E-state index is 0.282. The van der Waals surface area contributed by atoms with Crippen molar-refractivity contribution in [3.8, 4) is 11.5 Å². The molecule has 1 aliphatic carbocycles. The molecule has 0 amide bonds. The van der Waals surface area contributed by atoms with Crippen LogP contribution < -0.4 is 15.2 Å². The molecule has 0 saturated heterocycles. The van der Waals surface area contributed by atoms with Crippen molar-refractivity contribution in [2.24, 2.45) is 17.1 Å². The van der Waals surface area contributed by atoms with Crippen LogP contribution in [-0.4, -0.2) is 19.8 Å². The van der Waals surface area contributed by atoms with Crippen LogP contribution in [0.2, 0.25) is 0 Å². The van der Waals surface area contributed by atoms with Gasteiger partial charge in [-0.15, -0.1) is 0 Å². The predicted molar refractivity (Wildman–Crippen MR) is 66.5 cm³/mol. The minimum atomic E-state index is 0.282. The van der Waals surface area contributed by atoms with Gasteiger partial charge in [-0.2, -0.15) is 0 Å². The summed E-state index contributed by atoms with van der Waals surface area (Å²) in [7, 11) is 0. The largest absolute Gasteiger partial charge is 0.486 e. The van der Waals surface area contributed by atoms with Gasteiger partial charge in [0.25, 0.3) is 0 Å². The maximum absolute atomic E-state index is 5.84. The molecule has 2 N–H and O–H groups in total. The Kier molecular flexibility index (Phi) is 2.33. The standard InChI is InChI=1S/C14H19NO2/c1-14(2)10(8-15)12(14)9-4-3-5-11-13(9)17-7-6-16-11/h3-5,10,12H,6-8,15H2,1-2H3/t10-,12-/m0/s1. The normalized spacial score (nSPS) is 28.9. The van der Waals surface area contributed by atoms with Crippen LogP contribution in [0.3, 0.4) is 0 Å². The minimum Gasteiger partial charge on any atom is -0.486 e. The molecule has 92 valence electrons. The lowest BCUT2D eigenvalue weighted by Crippen LogP contribution is -2.16. The molecule has 2 atom stereocenters. The van der Waals surface area contributed by atoms with E-state index in [1.54, 1.807) is 0 Å². The van der Waals surface area contributed by atoms with E-state index in [9.17, 15) is 0 Å². The summed E-state index contributed by atoms with van der Waals surface area (Å²) in [5, 5.41) is 0. The molecule has 0 bridgehead atoms. The summed E-state index contributed by atoms with van der Waals surface area (Å²) < 4.78 is 11.4. The predicted octanol–water partition coefficient (Wildman–Crippen LogP) is 2.16. The number of rotatable bonds is 2. The second-order valence-corrected chi connectivity index (χ2v) is 5.51. The summed E-state index contributed by atoms with van der Waals surface area (Å²) in [6, 6.07) is 6.17. The summed E-state index contributed by atoms with van der Waals surface area (Å²) in [5.74, 6) is 2.88. The van der Waals surface area contributed by atoms with E-state index in [1.807, 2.05) is 12.1 Å². The van der Waals surface area contributed by atoms with Crippen LogP contribution in [0, 0.1) is 11.3 Å². The van der Waals surface area contributed by atoms with Crippen molar-refractivity contribution in [2.75, 3.05) is 19.8 Å². The molecule has 1 fully saturated rings. The average molecular weight is 233 g/mol. The highest BCUT2D eigenvalue weighted by atomic mass is 16.6. The number of para-hydroxylation sites is 1. The van der Waals surface area contributed by atoms with Gasteiger partial charge in [0, 0.05) is 5.56 Å². The van der Waals surface area contributed by atoms with Crippen LogP contribution in [0.5, 0.6) is 11.5 Å². The molecule has 17 heavy (non-hydrogen) atoms. The second-order valence-electron chi connectivity index (χ2n) is 5.51. The van der Waals surface area contributed by atoms with Crippen molar-refractivity contribution < 1.29 is 9.47 Å². The summed E-state index contributed by atoms with van der Waals surface area (Å²) >= 11 is 0. The van der Waals surface area contributed by atoms with Gasteiger partial charge in [-0.25, -0.2) is 0 Å². The van der Waals surface area contributed by atoms with Crippen molar-refractivity contribution in [2.45, 2.75) is 19.8 Å². The smallest absolute Gasteiger partial charge is 0.164 e. The van der Waals surface area contributed by atoms with Crippen LogP contribution in [0.25, 0.3) is 0 Å². The fourth-order valence-corrected chi connectivity index (χ4v) is 3.14. The number of benzene rings is 1. The Morgan fingerprint density at radius 1 is 1.29 bits per heavy atom. The molecular weight excluding hydrogens is 214 g/mol. The van der Waals surface area contributed by atoms with E-state index in [0.29, 0.717) is 25.0 Å². The average Bonchev–Trinajstić information content (AvgIpc) is 2.90. The van der Waals surface area contributed by atoms with Gasteiger partial charge in [-0.05, 0) is 29.9 Å². The Labute approximate surface area is 102 Å². The molecule has 1 heterocycles. The van der Waals surface area contributed by atoms with Crippen LogP contribution in [0.15, 0.2) is 18.2 Å². The van der Waals surface area contributed by atoms with E-state index in [1.165, 1.54) is 5.56 Å². The molecule has 0 spiro atoms. The molecule has 1 saturated carbocycles. The summed E-state index contributed by atoms with van der Waals surface area (Å²) in [4.78, 5) is 0. The first-order chi connectivity index (χ1) is 8.16. The highest BCUT2D eigenvalue weighted by molar-refractivity contribution is 5.52. The third-order valence-corrected chi connectivity index (χ3v) is 4.24. The van der Waals surface area contributed by atoms with Crippen LogP contribution in [-0.2, 0) is 0 Å². The van der Waals surface area contributed by atoms with E-state index in [2.05, 4.69) is 19.9 Å². The third-order valence-electron chi connectivity index (χ3n) is 4.24. The molecule has 1 aromatic carbocycles. The first kappa shape index (κ1) is 10.9. The first-order valence-electron chi connectivity index (χ1n) is 6.25. The van der Waals surface area contributed by atoms with Gasteiger partial charge >= 0.3 is 0 Å². The van der Waals surface area contributed by atoms with Gasteiger partial charge < -0.3 is 15.2 Å². The molecule has 3 heteroatoms. The van der Waals surface area contributed by atoms with Gasteiger partial charge in [0.05, 0.1) is 0 Å². The highest BCUT2D eigenvalue weighted by Crippen LogP contribution is 2.66. The zero-order chi connectivity index (χ0) is 12.0. The molecular formula is C14H19NO2. The van der Waals surface area contributed by atoms with Gasteiger partial charge in [0.1, 0.15) is 13.2 Å². The Bertz CT molecular complexity index is 442.